The molecule has 1 aromatic carbocycles. The predicted octanol–water partition coefficient (Wildman–Crippen LogP) is 0.600. The van der Waals surface area contributed by atoms with E-state index in [2.05, 4.69) is 10.9 Å². The molecule has 0 atom stereocenters. The van der Waals surface area contributed by atoms with Crippen molar-refractivity contribution < 1.29 is 9.72 Å². The van der Waals surface area contributed by atoms with Crippen LogP contribution in [0, 0.1) is 10.1 Å². The van der Waals surface area contributed by atoms with E-state index < -0.39 is 4.92 Å². The summed E-state index contributed by atoms with van der Waals surface area (Å²) in [6.45, 7) is 0. The molecule has 0 saturated carbocycles. The smallest absolute Gasteiger partial charge is 0.260 e. The molecule has 2 amide bonds. The van der Waals surface area contributed by atoms with Gasteiger partial charge in [-0.15, -0.1) is 0 Å². The molecule has 0 unspecified atom stereocenters. The average molecular weight is 251 g/mol. The zero-order chi connectivity index (χ0) is 13.3. The number of hydrogen-bond acceptors (Lipinski definition) is 5. The van der Waals surface area contributed by atoms with Gasteiger partial charge < -0.3 is 0 Å². The number of carbonyl (C=O) groups excluding carboxylic acids is 1. The number of hydrazine groups is 2. The number of benzene rings is 1. The first-order valence-electron chi connectivity index (χ1n) is 5.27. The Labute approximate surface area is 103 Å². The van der Waals surface area contributed by atoms with Gasteiger partial charge in [-0.2, -0.15) is 0 Å². The summed E-state index contributed by atoms with van der Waals surface area (Å²) >= 11 is 0. The third kappa shape index (κ3) is 2.24. The summed E-state index contributed by atoms with van der Waals surface area (Å²) in [6, 6.07) is 5.92. The molecule has 0 aliphatic carbocycles. The second-order valence-electron chi connectivity index (χ2n) is 3.94. The summed E-state index contributed by atoms with van der Waals surface area (Å²) in [6.07, 6.45) is -0.307. The SMILES string of the molecule is CN1NC(c2ccc([N+](=O)[O-])cc2)NN(C)C1=O. The number of urea groups is 1. The highest BCUT2D eigenvalue weighted by molar-refractivity contribution is 5.73. The van der Waals surface area contributed by atoms with Crippen molar-refractivity contribution in [1.29, 1.82) is 0 Å². The van der Waals surface area contributed by atoms with E-state index in [0.717, 1.165) is 5.56 Å². The van der Waals surface area contributed by atoms with Gasteiger partial charge in [0.15, 0.2) is 0 Å². The zero-order valence-corrected chi connectivity index (χ0v) is 9.95. The van der Waals surface area contributed by atoms with Crippen molar-refractivity contribution in [2.45, 2.75) is 6.17 Å². The van der Waals surface area contributed by atoms with Crippen molar-refractivity contribution >= 4 is 11.7 Å². The van der Waals surface area contributed by atoms with Crippen LogP contribution in [0.4, 0.5) is 10.5 Å². The molecule has 2 N–H and O–H groups in total. The fourth-order valence-corrected chi connectivity index (χ4v) is 1.69. The molecule has 8 nitrogen and oxygen atoms in total. The molecule has 1 saturated heterocycles. The van der Waals surface area contributed by atoms with Gasteiger partial charge in [-0.3, -0.25) is 20.1 Å². The average Bonchev–Trinajstić information content (AvgIpc) is 2.35. The lowest BCUT2D eigenvalue weighted by atomic mass is 10.1. The number of nitrogens with zero attached hydrogens (tertiary/aromatic N) is 3. The van der Waals surface area contributed by atoms with Crippen molar-refractivity contribution in [2.75, 3.05) is 14.1 Å². The fraction of sp³-hybridized carbons (Fsp3) is 0.300. The summed E-state index contributed by atoms with van der Waals surface area (Å²) in [5, 5.41) is 13.2. The van der Waals surface area contributed by atoms with Gasteiger partial charge in [-0.25, -0.2) is 15.6 Å². The van der Waals surface area contributed by atoms with Crippen molar-refractivity contribution in [3.63, 3.8) is 0 Å². The Bertz CT molecular complexity index is 461. The van der Waals surface area contributed by atoms with Crippen molar-refractivity contribution in [1.82, 2.24) is 20.9 Å². The maximum absolute atomic E-state index is 11.5. The second-order valence-corrected chi connectivity index (χ2v) is 3.94. The Morgan fingerprint density at radius 3 is 2.11 bits per heavy atom. The van der Waals surface area contributed by atoms with Crippen LogP contribution in [0.25, 0.3) is 0 Å². The van der Waals surface area contributed by atoms with E-state index in [0.29, 0.717) is 0 Å². The van der Waals surface area contributed by atoms with Crippen LogP contribution in [-0.2, 0) is 0 Å². The highest BCUT2D eigenvalue weighted by atomic mass is 16.6. The van der Waals surface area contributed by atoms with Crippen LogP contribution >= 0.6 is 0 Å². The summed E-state index contributed by atoms with van der Waals surface area (Å²) < 4.78 is 0. The van der Waals surface area contributed by atoms with Gasteiger partial charge in [0, 0.05) is 26.2 Å². The summed E-state index contributed by atoms with van der Waals surface area (Å²) in [7, 11) is 3.22. The molecule has 18 heavy (non-hydrogen) atoms. The molecule has 1 aliphatic heterocycles. The normalized spacial score (nSPS) is 17.1. The Morgan fingerprint density at radius 2 is 1.67 bits per heavy atom. The lowest BCUT2D eigenvalue weighted by Gasteiger charge is -2.37. The van der Waals surface area contributed by atoms with Gasteiger partial charge >= 0.3 is 6.03 Å². The zero-order valence-electron chi connectivity index (χ0n) is 9.95. The Hall–Kier alpha value is -2.19. The van der Waals surface area contributed by atoms with E-state index in [-0.39, 0.29) is 17.9 Å². The second kappa shape index (κ2) is 4.59. The van der Waals surface area contributed by atoms with Crippen LogP contribution < -0.4 is 10.9 Å². The standard InChI is InChI=1S/C10H13N5O3/c1-13-10(16)14(2)12-9(11-13)7-3-5-8(6-4-7)15(17)18/h3-6,9,11-12H,1-2H3. The molecule has 0 aromatic heterocycles. The van der Waals surface area contributed by atoms with Crippen molar-refractivity contribution in [2.24, 2.45) is 0 Å². The molecule has 1 fully saturated rings. The highest BCUT2D eigenvalue weighted by Crippen LogP contribution is 2.18. The monoisotopic (exact) mass is 251 g/mol. The van der Waals surface area contributed by atoms with E-state index in [9.17, 15) is 14.9 Å². The van der Waals surface area contributed by atoms with Crippen LogP contribution in [0.5, 0.6) is 0 Å². The Morgan fingerprint density at radius 1 is 1.17 bits per heavy atom. The number of non-ortho nitro benzene ring substituents is 1. The van der Waals surface area contributed by atoms with Crippen LogP contribution in [0.2, 0.25) is 0 Å². The van der Waals surface area contributed by atoms with E-state index in [1.54, 1.807) is 26.2 Å². The van der Waals surface area contributed by atoms with Crippen LogP contribution in [0.15, 0.2) is 24.3 Å². The largest absolute Gasteiger partial charge is 0.348 e. The molecule has 2 rings (SSSR count). The fourth-order valence-electron chi connectivity index (χ4n) is 1.69. The third-order valence-electron chi connectivity index (χ3n) is 2.66. The van der Waals surface area contributed by atoms with Crippen molar-refractivity contribution in [3.8, 4) is 0 Å². The van der Waals surface area contributed by atoms with Gasteiger partial charge in [0.1, 0.15) is 6.17 Å². The summed E-state index contributed by atoms with van der Waals surface area (Å²) in [5.74, 6) is 0. The van der Waals surface area contributed by atoms with E-state index in [1.807, 2.05) is 0 Å². The van der Waals surface area contributed by atoms with E-state index in [1.165, 1.54) is 22.2 Å². The Kier molecular flexibility index (Phi) is 3.13. The van der Waals surface area contributed by atoms with Crippen LogP contribution in [0.1, 0.15) is 11.7 Å². The lowest BCUT2D eigenvalue weighted by molar-refractivity contribution is -0.384. The molecule has 96 valence electrons. The third-order valence-corrected chi connectivity index (χ3v) is 2.66. The molecule has 0 bridgehead atoms. The minimum atomic E-state index is -0.451. The molecular formula is C10H13N5O3. The molecular weight excluding hydrogens is 238 g/mol. The minimum absolute atomic E-state index is 0.0346. The van der Waals surface area contributed by atoms with Crippen LogP contribution in [0.3, 0.4) is 0 Å². The number of nitro groups is 1. The summed E-state index contributed by atoms with van der Waals surface area (Å²) in [4.78, 5) is 21.6. The Balaban J connectivity index is 2.17. The maximum Gasteiger partial charge on any atom is 0.348 e. The molecule has 0 radical (unpaired) electrons. The van der Waals surface area contributed by atoms with E-state index in [4.69, 9.17) is 0 Å². The van der Waals surface area contributed by atoms with Gasteiger partial charge in [0.05, 0.1) is 4.92 Å². The number of hydrogen-bond donors (Lipinski definition) is 2. The van der Waals surface area contributed by atoms with Crippen molar-refractivity contribution in [3.05, 3.63) is 39.9 Å². The predicted molar refractivity (Wildman–Crippen MR) is 63.0 cm³/mol. The number of amides is 2. The maximum atomic E-state index is 11.5. The highest BCUT2D eigenvalue weighted by Gasteiger charge is 2.27. The lowest BCUT2D eigenvalue weighted by Crippen LogP contribution is -2.62. The molecule has 0 spiro atoms. The van der Waals surface area contributed by atoms with Gasteiger partial charge in [0.25, 0.3) is 5.69 Å². The number of carbonyl (C=O) groups is 1. The summed E-state index contributed by atoms with van der Waals surface area (Å²) in [5.41, 5.74) is 6.68. The molecule has 8 heteroatoms. The quantitative estimate of drug-likeness (QED) is 0.593. The van der Waals surface area contributed by atoms with Gasteiger partial charge in [-0.1, -0.05) is 0 Å². The van der Waals surface area contributed by atoms with Gasteiger partial charge in [0.2, 0.25) is 0 Å². The van der Waals surface area contributed by atoms with Crippen LogP contribution in [-0.4, -0.2) is 35.1 Å². The number of rotatable bonds is 2. The number of nitrogens with one attached hydrogen (secondary N) is 2. The first-order chi connectivity index (χ1) is 8.49. The van der Waals surface area contributed by atoms with E-state index >= 15 is 0 Å². The molecule has 1 aromatic rings. The van der Waals surface area contributed by atoms with Gasteiger partial charge in [-0.05, 0) is 17.7 Å². The number of nitro benzene ring substituents is 1. The topological polar surface area (TPSA) is 90.8 Å². The molecule has 1 aliphatic rings. The minimum Gasteiger partial charge on any atom is -0.260 e. The first-order valence-corrected chi connectivity index (χ1v) is 5.27. The molecule has 1 heterocycles. The first kappa shape index (κ1) is 12.3.